The van der Waals surface area contributed by atoms with Crippen molar-refractivity contribution < 1.29 is 4.79 Å². The van der Waals surface area contributed by atoms with E-state index in [2.05, 4.69) is 22.0 Å². The highest BCUT2D eigenvalue weighted by Gasteiger charge is 2.18. The molecule has 1 aromatic carbocycles. The maximum absolute atomic E-state index is 11.5. The van der Waals surface area contributed by atoms with Crippen molar-refractivity contribution >= 4 is 28.2 Å². The van der Waals surface area contributed by atoms with E-state index in [0.29, 0.717) is 18.7 Å². The highest BCUT2D eigenvalue weighted by Crippen LogP contribution is 2.27. The summed E-state index contributed by atoms with van der Waals surface area (Å²) in [6, 6.07) is 6.11. The minimum atomic E-state index is 0.315. The summed E-state index contributed by atoms with van der Waals surface area (Å²) in [5, 5.41) is 1.10. The van der Waals surface area contributed by atoms with Gasteiger partial charge in [-0.25, -0.2) is 0 Å². The Morgan fingerprint density at radius 3 is 2.94 bits per heavy atom. The first kappa shape index (κ1) is 11.1. The van der Waals surface area contributed by atoms with E-state index in [1.165, 1.54) is 0 Å². The van der Waals surface area contributed by atoms with Crippen LogP contribution in [0.15, 0.2) is 18.2 Å². The average molecular weight is 243 g/mol. The zero-order valence-corrected chi connectivity index (χ0v) is 10.5. The van der Waals surface area contributed by atoms with E-state index in [-0.39, 0.29) is 0 Å². The number of carbonyl (C=O) groups is 1. The van der Waals surface area contributed by atoms with Gasteiger partial charge in [-0.15, -0.1) is 0 Å². The number of aromatic amines is 1. The number of nitrogens with two attached hydrogens (primary N) is 1. The van der Waals surface area contributed by atoms with Crippen molar-refractivity contribution in [3.05, 3.63) is 23.8 Å². The molecule has 3 rings (SSSR count). The van der Waals surface area contributed by atoms with Crippen LogP contribution in [0.5, 0.6) is 0 Å². The van der Waals surface area contributed by atoms with Gasteiger partial charge in [0.2, 0.25) is 0 Å². The molecule has 2 aromatic rings. The van der Waals surface area contributed by atoms with Gasteiger partial charge < -0.3 is 15.6 Å². The maximum atomic E-state index is 11.5. The van der Waals surface area contributed by atoms with E-state index < -0.39 is 0 Å². The van der Waals surface area contributed by atoms with Crippen LogP contribution in [0.3, 0.4) is 0 Å². The van der Waals surface area contributed by atoms with Crippen molar-refractivity contribution in [3.8, 4) is 0 Å². The van der Waals surface area contributed by atoms with Gasteiger partial charge in [0.05, 0.1) is 6.54 Å². The number of hydrogen-bond acceptors (Lipinski definition) is 3. The van der Waals surface area contributed by atoms with E-state index in [9.17, 15) is 4.79 Å². The third-order valence-corrected chi connectivity index (χ3v) is 3.58. The number of fused-ring (bicyclic) bond motifs is 1. The number of benzene rings is 1. The minimum absolute atomic E-state index is 0.315. The predicted octanol–water partition coefficient (Wildman–Crippen LogP) is 2.23. The van der Waals surface area contributed by atoms with E-state index in [4.69, 9.17) is 5.73 Å². The number of H-pyrrole nitrogens is 1. The highest BCUT2D eigenvalue weighted by atomic mass is 16.1. The molecule has 0 aliphatic carbocycles. The quantitative estimate of drug-likeness (QED) is 0.755. The number of anilines is 2. The summed E-state index contributed by atoms with van der Waals surface area (Å²) in [5.74, 6) is 1.33. The second-order valence-electron chi connectivity index (χ2n) is 5.01. The Hall–Kier alpha value is -1.97. The fourth-order valence-electron chi connectivity index (χ4n) is 2.51. The number of nitrogens with one attached hydrogen (secondary N) is 1. The molecule has 1 aliphatic heterocycles. The average Bonchev–Trinajstić information content (AvgIpc) is 2.73. The fourth-order valence-corrected chi connectivity index (χ4v) is 2.51. The molecule has 1 aromatic heterocycles. The SMILES string of the molecule is Cc1cc2[nH]c(N3CCCC(=O)C3)cc2cc1N. The van der Waals surface area contributed by atoms with Crippen LogP contribution in [-0.2, 0) is 4.79 Å². The van der Waals surface area contributed by atoms with Crippen LogP contribution in [0, 0.1) is 6.92 Å². The monoisotopic (exact) mass is 243 g/mol. The molecular formula is C14H17N3O. The number of rotatable bonds is 1. The zero-order chi connectivity index (χ0) is 12.7. The minimum Gasteiger partial charge on any atom is -0.398 e. The fraction of sp³-hybridized carbons (Fsp3) is 0.357. The molecule has 2 heterocycles. The smallest absolute Gasteiger partial charge is 0.152 e. The Labute approximate surface area is 106 Å². The summed E-state index contributed by atoms with van der Waals surface area (Å²) in [5.41, 5.74) is 8.88. The number of nitrogen functional groups attached to an aromatic ring is 1. The Kier molecular flexibility index (Phi) is 2.51. The second-order valence-corrected chi connectivity index (χ2v) is 5.01. The molecule has 3 N–H and O–H groups in total. The van der Waals surface area contributed by atoms with Gasteiger partial charge in [-0.2, -0.15) is 0 Å². The Morgan fingerprint density at radius 2 is 2.17 bits per heavy atom. The molecular weight excluding hydrogens is 226 g/mol. The lowest BCUT2D eigenvalue weighted by molar-refractivity contribution is -0.118. The van der Waals surface area contributed by atoms with Crippen molar-refractivity contribution in [1.29, 1.82) is 0 Å². The van der Waals surface area contributed by atoms with Crippen LogP contribution in [0.2, 0.25) is 0 Å². The van der Waals surface area contributed by atoms with Gasteiger partial charge in [0.15, 0.2) is 5.78 Å². The first-order valence-electron chi connectivity index (χ1n) is 6.29. The molecule has 0 unspecified atom stereocenters. The summed E-state index contributed by atoms with van der Waals surface area (Å²) in [6.45, 7) is 3.45. The van der Waals surface area contributed by atoms with Crippen molar-refractivity contribution in [1.82, 2.24) is 4.98 Å². The third kappa shape index (κ3) is 1.83. The molecule has 1 aliphatic rings. The van der Waals surface area contributed by atoms with Crippen LogP contribution in [0.4, 0.5) is 11.5 Å². The molecule has 18 heavy (non-hydrogen) atoms. The van der Waals surface area contributed by atoms with Crippen molar-refractivity contribution in [2.75, 3.05) is 23.7 Å². The number of piperidine rings is 1. The second kappa shape index (κ2) is 4.05. The van der Waals surface area contributed by atoms with E-state index in [1.54, 1.807) is 0 Å². The molecule has 0 radical (unpaired) electrons. The summed E-state index contributed by atoms with van der Waals surface area (Å²) >= 11 is 0. The lowest BCUT2D eigenvalue weighted by atomic mass is 10.1. The third-order valence-electron chi connectivity index (χ3n) is 3.58. The number of aromatic nitrogens is 1. The standard InChI is InChI=1S/C14H17N3O/c1-9-5-13-10(6-12(9)15)7-14(16-13)17-4-2-3-11(18)8-17/h5-7,16H,2-4,8,15H2,1H3. The molecule has 1 fully saturated rings. The molecule has 0 amide bonds. The van der Waals surface area contributed by atoms with Gasteiger partial charge in [-0.1, -0.05) is 0 Å². The molecule has 94 valence electrons. The van der Waals surface area contributed by atoms with Crippen molar-refractivity contribution in [2.45, 2.75) is 19.8 Å². The normalized spacial score (nSPS) is 16.5. The van der Waals surface area contributed by atoms with Crippen molar-refractivity contribution in [3.63, 3.8) is 0 Å². The van der Waals surface area contributed by atoms with Gasteiger partial charge in [-0.05, 0) is 37.1 Å². The lowest BCUT2D eigenvalue weighted by Crippen LogP contribution is -2.35. The summed E-state index contributed by atoms with van der Waals surface area (Å²) in [6.07, 6.45) is 1.65. The largest absolute Gasteiger partial charge is 0.398 e. The number of Topliss-reactive ketones (excluding diaryl/α,β-unsaturated/α-hetero) is 1. The maximum Gasteiger partial charge on any atom is 0.152 e. The summed E-state index contributed by atoms with van der Waals surface area (Å²) < 4.78 is 0. The van der Waals surface area contributed by atoms with E-state index in [1.807, 2.05) is 13.0 Å². The molecule has 1 saturated heterocycles. The van der Waals surface area contributed by atoms with Crippen molar-refractivity contribution in [2.24, 2.45) is 0 Å². The number of ketones is 1. The Bertz CT molecular complexity index is 576. The van der Waals surface area contributed by atoms with E-state index >= 15 is 0 Å². The van der Waals surface area contributed by atoms with Gasteiger partial charge >= 0.3 is 0 Å². The number of aryl methyl sites for hydroxylation is 1. The number of nitrogens with zero attached hydrogens (tertiary/aromatic N) is 1. The summed E-state index contributed by atoms with van der Waals surface area (Å²) in [4.78, 5) is 17.0. The topological polar surface area (TPSA) is 62.1 Å². The molecule has 0 spiro atoms. The first-order valence-corrected chi connectivity index (χ1v) is 6.29. The van der Waals surface area contributed by atoms with Gasteiger partial charge in [0.1, 0.15) is 5.82 Å². The first-order chi connectivity index (χ1) is 8.63. The molecule has 4 nitrogen and oxygen atoms in total. The van der Waals surface area contributed by atoms with E-state index in [0.717, 1.165) is 40.9 Å². The van der Waals surface area contributed by atoms with Crippen LogP contribution in [0.25, 0.3) is 10.9 Å². The molecule has 0 saturated carbocycles. The molecule has 4 heteroatoms. The van der Waals surface area contributed by atoms with Gasteiger partial charge in [0, 0.05) is 29.6 Å². The molecule has 0 bridgehead atoms. The van der Waals surface area contributed by atoms with Gasteiger partial charge in [0.25, 0.3) is 0 Å². The predicted molar refractivity (Wildman–Crippen MR) is 73.9 cm³/mol. The summed E-state index contributed by atoms with van der Waals surface area (Å²) in [7, 11) is 0. The lowest BCUT2D eigenvalue weighted by Gasteiger charge is -2.26. The van der Waals surface area contributed by atoms with Crippen LogP contribution >= 0.6 is 0 Å². The number of carbonyl (C=O) groups excluding carboxylic acids is 1. The number of hydrogen-bond donors (Lipinski definition) is 2. The van der Waals surface area contributed by atoms with Crippen LogP contribution in [0.1, 0.15) is 18.4 Å². The highest BCUT2D eigenvalue weighted by molar-refractivity contribution is 5.90. The zero-order valence-electron chi connectivity index (χ0n) is 10.5. The Balaban J connectivity index is 2.00. The van der Waals surface area contributed by atoms with Gasteiger partial charge in [-0.3, -0.25) is 4.79 Å². The molecule has 0 atom stereocenters. The van der Waals surface area contributed by atoms with Crippen LogP contribution in [-0.4, -0.2) is 23.9 Å². The Morgan fingerprint density at radius 1 is 1.33 bits per heavy atom. The van der Waals surface area contributed by atoms with Crippen LogP contribution < -0.4 is 10.6 Å².